The van der Waals surface area contributed by atoms with Crippen LogP contribution in [0.3, 0.4) is 0 Å². The van der Waals surface area contributed by atoms with Crippen LogP contribution in [0.5, 0.6) is 0 Å². The van der Waals surface area contributed by atoms with Gasteiger partial charge in [0.25, 0.3) is 5.56 Å². The zero-order chi connectivity index (χ0) is 17.7. The first kappa shape index (κ1) is 18.3. The van der Waals surface area contributed by atoms with Gasteiger partial charge in [0.05, 0.1) is 0 Å². The van der Waals surface area contributed by atoms with Crippen LogP contribution in [-0.2, 0) is 17.8 Å². The number of thioether (sulfide) groups is 1. The second-order valence-electron chi connectivity index (χ2n) is 5.85. The van der Waals surface area contributed by atoms with Crippen molar-refractivity contribution in [2.45, 2.75) is 45.3 Å². The molecule has 0 atom stereocenters. The highest BCUT2D eigenvalue weighted by Crippen LogP contribution is 2.11. The summed E-state index contributed by atoms with van der Waals surface area (Å²) in [6.07, 6.45) is 2.52. The number of carbonyl (C=O) groups is 1. The van der Waals surface area contributed by atoms with Gasteiger partial charge < -0.3 is 10.3 Å². The fourth-order valence-corrected chi connectivity index (χ4v) is 2.96. The Morgan fingerprint density at radius 3 is 2.67 bits per heavy atom. The Hall–Kier alpha value is -2.08. The normalized spacial score (nSPS) is 10.7. The molecule has 2 N–H and O–H groups in total. The van der Waals surface area contributed by atoms with E-state index in [2.05, 4.69) is 21.4 Å². The lowest BCUT2D eigenvalue weighted by Crippen LogP contribution is -2.25. The summed E-state index contributed by atoms with van der Waals surface area (Å²) in [5.74, 6) is -0.0669. The number of hydrogen-bond acceptors (Lipinski definition) is 4. The number of benzene rings is 1. The number of aromatic amines is 1. The van der Waals surface area contributed by atoms with E-state index in [-0.39, 0.29) is 17.9 Å². The Morgan fingerprint density at radius 2 is 2.04 bits per heavy atom. The van der Waals surface area contributed by atoms with Crippen molar-refractivity contribution in [3.63, 3.8) is 0 Å². The summed E-state index contributed by atoms with van der Waals surface area (Å²) in [7, 11) is 0. The largest absolute Gasteiger partial charge is 0.352 e. The van der Waals surface area contributed by atoms with Crippen molar-refractivity contribution in [1.29, 1.82) is 0 Å². The third kappa shape index (κ3) is 4.71. The van der Waals surface area contributed by atoms with Gasteiger partial charge >= 0.3 is 0 Å². The monoisotopic (exact) mass is 345 g/mol. The van der Waals surface area contributed by atoms with E-state index in [1.807, 2.05) is 32.2 Å². The molecule has 2 aromatic rings. The molecule has 128 valence electrons. The Balaban J connectivity index is 1.93. The highest BCUT2D eigenvalue weighted by Gasteiger charge is 2.10. The van der Waals surface area contributed by atoms with E-state index < -0.39 is 0 Å². The molecule has 0 aliphatic rings. The Bertz CT molecular complexity index is 799. The molecule has 5 nitrogen and oxygen atoms in total. The predicted octanol–water partition coefficient (Wildman–Crippen LogP) is 2.67. The van der Waals surface area contributed by atoms with Crippen LogP contribution in [0.4, 0.5) is 0 Å². The van der Waals surface area contributed by atoms with Crippen molar-refractivity contribution in [2.24, 2.45) is 0 Å². The topological polar surface area (TPSA) is 74.8 Å². The average Bonchev–Trinajstić information content (AvgIpc) is 2.53. The van der Waals surface area contributed by atoms with Crippen molar-refractivity contribution >= 4 is 17.7 Å². The molecule has 0 aliphatic carbocycles. The number of carbonyl (C=O) groups excluding carboxylic acids is 1. The van der Waals surface area contributed by atoms with Gasteiger partial charge in [0.2, 0.25) is 5.91 Å². The van der Waals surface area contributed by atoms with Gasteiger partial charge in [-0.1, -0.05) is 35.5 Å². The van der Waals surface area contributed by atoms with Crippen LogP contribution >= 0.6 is 11.8 Å². The van der Waals surface area contributed by atoms with Crippen LogP contribution in [-0.4, -0.2) is 22.1 Å². The van der Waals surface area contributed by atoms with Crippen LogP contribution in [0.2, 0.25) is 0 Å². The number of nitrogens with one attached hydrogen (secondary N) is 2. The standard InChI is InChI=1S/C18H23N3O2S/c1-11-5-6-14(12(2)9-11)10-19-16(22)8-7-15-13(3)20-18(24-4)21-17(15)23/h5-6,9H,7-8,10H2,1-4H3,(H,19,22)(H,20,21,23). The second kappa shape index (κ2) is 8.15. The van der Waals surface area contributed by atoms with Crippen molar-refractivity contribution in [3.05, 3.63) is 56.5 Å². The third-order valence-corrected chi connectivity index (χ3v) is 4.55. The highest BCUT2D eigenvalue weighted by molar-refractivity contribution is 7.98. The maximum absolute atomic E-state index is 12.1. The highest BCUT2D eigenvalue weighted by atomic mass is 32.2. The van der Waals surface area contributed by atoms with Gasteiger partial charge in [-0.05, 0) is 44.6 Å². The molecule has 0 spiro atoms. The van der Waals surface area contributed by atoms with Gasteiger partial charge in [0.15, 0.2) is 5.16 Å². The van der Waals surface area contributed by atoms with Crippen LogP contribution in [0.25, 0.3) is 0 Å². The smallest absolute Gasteiger partial charge is 0.254 e. The molecule has 0 aliphatic heterocycles. The fourth-order valence-electron chi connectivity index (χ4n) is 2.54. The Kier molecular flexibility index (Phi) is 6.20. The van der Waals surface area contributed by atoms with E-state index in [1.165, 1.54) is 22.9 Å². The van der Waals surface area contributed by atoms with Crippen LogP contribution in [0.15, 0.2) is 28.2 Å². The summed E-state index contributed by atoms with van der Waals surface area (Å²) in [6, 6.07) is 6.17. The fraction of sp³-hybridized carbons (Fsp3) is 0.389. The summed E-state index contributed by atoms with van der Waals surface area (Å²) >= 11 is 1.39. The summed E-state index contributed by atoms with van der Waals surface area (Å²) in [5.41, 5.74) is 4.58. The molecule has 1 heterocycles. The van der Waals surface area contributed by atoms with E-state index >= 15 is 0 Å². The molecule has 0 saturated heterocycles. The van der Waals surface area contributed by atoms with E-state index in [9.17, 15) is 9.59 Å². The van der Waals surface area contributed by atoms with Crippen molar-refractivity contribution < 1.29 is 4.79 Å². The number of aromatic nitrogens is 2. The van der Waals surface area contributed by atoms with Crippen molar-refractivity contribution in [3.8, 4) is 0 Å². The average molecular weight is 345 g/mol. The molecule has 1 aromatic heterocycles. The lowest BCUT2D eigenvalue weighted by molar-refractivity contribution is -0.121. The zero-order valence-electron chi connectivity index (χ0n) is 14.5. The van der Waals surface area contributed by atoms with E-state index in [4.69, 9.17) is 0 Å². The maximum Gasteiger partial charge on any atom is 0.254 e. The van der Waals surface area contributed by atoms with Gasteiger partial charge in [-0.15, -0.1) is 0 Å². The molecular formula is C18H23N3O2S. The molecule has 1 amide bonds. The Morgan fingerprint density at radius 1 is 1.29 bits per heavy atom. The van der Waals surface area contributed by atoms with Gasteiger partial charge in [-0.3, -0.25) is 9.59 Å². The first-order valence-corrected chi connectivity index (χ1v) is 9.09. The summed E-state index contributed by atoms with van der Waals surface area (Å²) < 4.78 is 0. The van der Waals surface area contributed by atoms with Gasteiger partial charge in [-0.2, -0.15) is 0 Å². The number of aryl methyl sites for hydroxylation is 3. The van der Waals surface area contributed by atoms with Gasteiger partial charge in [0, 0.05) is 24.2 Å². The number of hydrogen-bond donors (Lipinski definition) is 2. The minimum Gasteiger partial charge on any atom is -0.352 e. The number of rotatable bonds is 6. The van der Waals surface area contributed by atoms with Crippen LogP contribution in [0.1, 0.15) is 34.4 Å². The third-order valence-electron chi connectivity index (χ3n) is 3.97. The molecule has 0 unspecified atom stereocenters. The molecule has 0 fully saturated rings. The number of nitrogens with zero attached hydrogens (tertiary/aromatic N) is 1. The first-order chi connectivity index (χ1) is 11.4. The summed E-state index contributed by atoms with van der Waals surface area (Å²) in [5, 5.41) is 3.51. The van der Waals surface area contributed by atoms with Crippen molar-refractivity contribution in [2.75, 3.05) is 6.26 Å². The molecule has 0 saturated carbocycles. The minimum atomic E-state index is -0.158. The molecular weight excluding hydrogens is 322 g/mol. The maximum atomic E-state index is 12.1. The number of H-pyrrole nitrogens is 1. The van der Waals surface area contributed by atoms with E-state index in [0.717, 1.165) is 5.56 Å². The van der Waals surface area contributed by atoms with Gasteiger partial charge in [0.1, 0.15) is 0 Å². The molecule has 2 rings (SSSR count). The SMILES string of the molecule is CSc1nc(C)c(CCC(=O)NCc2ccc(C)cc2C)c(=O)[nH]1. The zero-order valence-corrected chi connectivity index (χ0v) is 15.3. The van der Waals surface area contributed by atoms with Gasteiger partial charge in [-0.25, -0.2) is 4.98 Å². The van der Waals surface area contributed by atoms with E-state index in [1.54, 1.807) is 6.92 Å². The summed E-state index contributed by atoms with van der Waals surface area (Å²) in [4.78, 5) is 31.2. The minimum absolute atomic E-state index is 0.0669. The van der Waals surface area contributed by atoms with Crippen molar-refractivity contribution in [1.82, 2.24) is 15.3 Å². The molecule has 0 bridgehead atoms. The summed E-state index contributed by atoms with van der Waals surface area (Å²) in [6.45, 7) is 6.39. The molecule has 6 heteroatoms. The lowest BCUT2D eigenvalue weighted by Gasteiger charge is -2.09. The van der Waals surface area contributed by atoms with E-state index in [0.29, 0.717) is 29.4 Å². The first-order valence-electron chi connectivity index (χ1n) is 7.87. The molecule has 24 heavy (non-hydrogen) atoms. The Labute approximate surface area is 146 Å². The lowest BCUT2D eigenvalue weighted by atomic mass is 10.1. The molecule has 0 radical (unpaired) electrons. The van der Waals surface area contributed by atoms with Crippen LogP contribution < -0.4 is 10.9 Å². The van der Waals surface area contributed by atoms with Crippen LogP contribution in [0, 0.1) is 20.8 Å². The predicted molar refractivity (Wildman–Crippen MR) is 97.5 cm³/mol. The quantitative estimate of drug-likeness (QED) is 0.623. The second-order valence-corrected chi connectivity index (χ2v) is 6.64. The molecule has 1 aromatic carbocycles. The number of amides is 1.